The molecule has 84 valence electrons. The molecule has 0 unspecified atom stereocenters. The van der Waals surface area contributed by atoms with Gasteiger partial charge in [0, 0.05) is 0 Å². The van der Waals surface area contributed by atoms with E-state index in [2.05, 4.69) is 16.3 Å². The fourth-order valence-electron chi connectivity index (χ4n) is 1.45. The molecule has 3 nitrogen and oxygen atoms in total. The van der Waals surface area contributed by atoms with Gasteiger partial charge in [-0.25, -0.2) is 4.39 Å². The first-order chi connectivity index (χ1) is 8.20. The summed E-state index contributed by atoms with van der Waals surface area (Å²) in [5.41, 5.74) is 1.16. The summed E-state index contributed by atoms with van der Waals surface area (Å²) in [6.07, 6.45) is 0. The minimum Gasteiger partial charge on any atom is -0.207 e. The molecule has 0 fully saturated rings. The summed E-state index contributed by atoms with van der Waals surface area (Å²) in [5, 5.41) is 16.9. The normalized spacial score (nSPS) is 11.8. The second-order valence-corrected chi connectivity index (χ2v) is 3.78. The van der Waals surface area contributed by atoms with Crippen LogP contribution in [0.15, 0.2) is 36.4 Å². The number of halogens is 2. The number of nitrogens with zero attached hydrogens (tertiary/aromatic N) is 3. The maximum atomic E-state index is 12.8. The van der Waals surface area contributed by atoms with Gasteiger partial charge in [-0.3, -0.25) is 0 Å². The van der Waals surface area contributed by atoms with E-state index < -0.39 is 5.92 Å². The Balaban J connectivity index is 2.37. The molecule has 1 heterocycles. The fourth-order valence-corrected chi connectivity index (χ4v) is 1.55. The van der Waals surface area contributed by atoms with Gasteiger partial charge in [0.05, 0.1) is 11.8 Å². The summed E-state index contributed by atoms with van der Waals surface area (Å²) in [4.78, 5) is 0. The highest BCUT2D eigenvalue weighted by Crippen LogP contribution is 2.22. The molecule has 0 aliphatic heterocycles. The zero-order valence-corrected chi connectivity index (χ0v) is 9.39. The maximum Gasteiger partial charge on any atom is 0.151 e. The number of rotatable bonds is 2. The summed E-state index contributed by atoms with van der Waals surface area (Å²) in [5.74, 6) is -0.909. The van der Waals surface area contributed by atoms with Crippen LogP contribution in [-0.4, -0.2) is 10.2 Å². The van der Waals surface area contributed by atoms with E-state index in [0.29, 0.717) is 11.3 Å². The molecule has 0 saturated heterocycles. The van der Waals surface area contributed by atoms with Crippen LogP contribution in [0.4, 0.5) is 4.39 Å². The third-order valence-corrected chi connectivity index (χ3v) is 2.48. The number of nitriles is 1. The van der Waals surface area contributed by atoms with Crippen LogP contribution >= 0.6 is 11.6 Å². The summed E-state index contributed by atoms with van der Waals surface area (Å²) in [6, 6.07) is 11.0. The zero-order valence-electron chi connectivity index (χ0n) is 8.64. The van der Waals surface area contributed by atoms with E-state index in [4.69, 9.17) is 16.9 Å². The Labute approximate surface area is 102 Å². The fraction of sp³-hybridized carbons (Fsp3) is 0.0833. The van der Waals surface area contributed by atoms with Crippen molar-refractivity contribution >= 4 is 11.6 Å². The van der Waals surface area contributed by atoms with Gasteiger partial charge in [-0.2, -0.15) is 10.4 Å². The van der Waals surface area contributed by atoms with Crippen molar-refractivity contribution in [3.63, 3.8) is 0 Å². The van der Waals surface area contributed by atoms with E-state index in [1.54, 1.807) is 24.3 Å². The molecule has 2 rings (SSSR count). The summed E-state index contributed by atoms with van der Waals surface area (Å²) in [7, 11) is 0. The molecule has 0 aliphatic carbocycles. The van der Waals surface area contributed by atoms with Crippen molar-refractivity contribution in [3.8, 4) is 6.07 Å². The average molecular weight is 248 g/mol. The molecule has 0 amide bonds. The molecule has 1 aromatic heterocycles. The van der Waals surface area contributed by atoms with Crippen molar-refractivity contribution in [3.05, 3.63) is 58.6 Å². The standard InChI is InChI=1S/C12H7ClFN3/c13-12-6-5-11(16-17-12)10(7-15)8-1-3-9(14)4-2-8/h1-6,10H/t10-/m1/s1. The van der Waals surface area contributed by atoms with Crippen molar-refractivity contribution in [2.24, 2.45) is 0 Å². The molecule has 0 saturated carbocycles. The number of aromatic nitrogens is 2. The van der Waals surface area contributed by atoms with E-state index in [0.717, 1.165) is 0 Å². The molecule has 1 atom stereocenters. The third-order valence-electron chi connectivity index (χ3n) is 2.28. The van der Waals surface area contributed by atoms with E-state index in [-0.39, 0.29) is 11.0 Å². The Kier molecular flexibility index (Phi) is 3.31. The Morgan fingerprint density at radius 1 is 1.12 bits per heavy atom. The number of benzene rings is 1. The highest BCUT2D eigenvalue weighted by Gasteiger charge is 2.15. The molecular formula is C12H7ClFN3. The van der Waals surface area contributed by atoms with Gasteiger partial charge >= 0.3 is 0 Å². The molecular weight excluding hydrogens is 241 g/mol. The van der Waals surface area contributed by atoms with Crippen LogP contribution in [0, 0.1) is 17.1 Å². The van der Waals surface area contributed by atoms with Crippen LogP contribution < -0.4 is 0 Å². The molecule has 0 bridgehead atoms. The van der Waals surface area contributed by atoms with Crippen molar-refractivity contribution in [1.82, 2.24) is 10.2 Å². The Morgan fingerprint density at radius 3 is 2.35 bits per heavy atom. The Morgan fingerprint density at radius 2 is 1.82 bits per heavy atom. The van der Waals surface area contributed by atoms with Crippen LogP contribution in [0.25, 0.3) is 0 Å². The zero-order chi connectivity index (χ0) is 12.3. The lowest BCUT2D eigenvalue weighted by Gasteiger charge is -2.07. The molecule has 0 aliphatic rings. The van der Waals surface area contributed by atoms with Crippen molar-refractivity contribution in [2.75, 3.05) is 0 Å². The van der Waals surface area contributed by atoms with E-state index in [1.807, 2.05) is 0 Å². The molecule has 5 heteroatoms. The first kappa shape index (κ1) is 11.5. The summed E-state index contributed by atoms with van der Waals surface area (Å²) < 4.78 is 12.8. The van der Waals surface area contributed by atoms with E-state index in [1.165, 1.54) is 12.1 Å². The first-order valence-electron chi connectivity index (χ1n) is 4.85. The lowest BCUT2D eigenvalue weighted by atomic mass is 9.97. The molecule has 0 spiro atoms. The van der Waals surface area contributed by atoms with Gasteiger partial charge in [-0.05, 0) is 29.8 Å². The quantitative estimate of drug-likeness (QED) is 0.820. The number of hydrogen-bond acceptors (Lipinski definition) is 3. The maximum absolute atomic E-state index is 12.8. The topological polar surface area (TPSA) is 49.6 Å². The van der Waals surface area contributed by atoms with Gasteiger partial charge in [0.25, 0.3) is 0 Å². The Bertz CT molecular complexity index is 500. The van der Waals surface area contributed by atoms with Crippen LogP contribution in [0.3, 0.4) is 0 Å². The van der Waals surface area contributed by atoms with Crippen molar-refractivity contribution in [2.45, 2.75) is 5.92 Å². The van der Waals surface area contributed by atoms with Gasteiger partial charge in [0.15, 0.2) is 5.15 Å². The summed E-state index contributed by atoms with van der Waals surface area (Å²) in [6.45, 7) is 0. The van der Waals surface area contributed by atoms with Crippen LogP contribution in [0.1, 0.15) is 17.2 Å². The molecule has 2 aromatic rings. The third kappa shape index (κ3) is 2.58. The van der Waals surface area contributed by atoms with Gasteiger partial charge in [0.2, 0.25) is 0 Å². The smallest absolute Gasteiger partial charge is 0.151 e. The highest BCUT2D eigenvalue weighted by atomic mass is 35.5. The van der Waals surface area contributed by atoms with Crippen molar-refractivity contribution < 1.29 is 4.39 Å². The lowest BCUT2D eigenvalue weighted by Crippen LogP contribution is -2.02. The van der Waals surface area contributed by atoms with E-state index in [9.17, 15) is 4.39 Å². The number of hydrogen-bond donors (Lipinski definition) is 0. The lowest BCUT2D eigenvalue weighted by molar-refractivity contribution is 0.627. The van der Waals surface area contributed by atoms with Gasteiger partial charge in [0.1, 0.15) is 11.7 Å². The second-order valence-electron chi connectivity index (χ2n) is 3.39. The largest absolute Gasteiger partial charge is 0.207 e. The minimum atomic E-state index is -0.569. The summed E-state index contributed by atoms with van der Waals surface area (Å²) >= 11 is 5.62. The predicted molar refractivity (Wildman–Crippen MR) is 60.9 cm³/mol. The van der Waals surface area contributed by atoms with Gasteiger partial charge in [-0.15, -0.1) is 5.10 Å². The highest BCUT2D eigenvalue weighted by molar-refractivity contribution is 6.29. The monoisotopic (exact) mass is 247 g/mol. The Hall–Kier alpha value is -1.99. The van der Waals surface area contributed by atoms with Gasteiger partial charge < -0.3 is 0 Å². The molecule has 17 heavy (non-hydrogen) atoms. The molecule has 0 N–H and O–H groups in total. The second kappa shape index (κ2) is 4.89. The van der Waals surface area contributed by atoms with Crippen LogP contribution in [-0.2, 0) is 0 Å². The SMILES string of the molecule is N#C[C@H](c1ccc(F)cc1)c1ccc(Cl)nn1. The molecule has 0 radical (unpaired) electrons. The van der Waals surface area contributed by atoms with Crippen LogP contribution in [0.5, 0.6) is 0 Å². The molecule has 1 aromatic carbocycles. The minimum absolute atomic E-state index is 0.268. The first-order valence-corrected chi connectivity index (χ1v) is 5.22. The van der Waals surface area contributed by atoms with Gasteiger partial charge in [-0.1, -0.05) is 23.7 Å². The predicted octanol–water partition coefficient (Wildman–Crippen LogP) is 2.92. The van der Waals surface area contributed by atoms with Crippen LogP contribution in [0.2, 0.25) is 5.15 Å². The van der Waals surface area contributed by atoms with Crippen molar-refractivity contribution in [1.29, 1.82) is 5.26 Å². The average Bonchev–Trinajstić information content (AvgIpc) is 2.35. The van der Waals surface area contributed by atoms with E-state index >= 15 is 0 Å².